The summed E-state index contributed by atoms with van der Waals surface area (Å²) in [6, 6.07) is 16.8. The number of aromatic nitrogens is 1. The van der Waals surface area contributed by atoms with Crippen LogP contribution in [0.15, 0.2) is 54.6 Å². The summed E-state index contributed by atoms with van der Waals surface area (Å²) in [5, 5.41) is 3.90. The Bertz CT molecular complexity index is 1250. The first-order valence-corrected chi connectivity index (χ1v) is 13.0. The lowest BCUT2D eigenvalue weighted by atomic mass is 10.1. The van der Waals surface area contributed by atoms with Crippen LogP contribution in [0.5, 0.6) is 0 Å². The van der Waals surface area contributed by atoms with Crippen molar-refractivity contribution >= 4 is 32.7 Å². The fourth-order valence-corrected chi connectivity index (χ4v) is 5.68. The molecule has 0 unspecified atom stereocenters. The van der Waals surface area contributed by atoms with E-state index in [0.29, 0.717) is 16.9 Å². The molecule has 1 saturated heterocycles. The molecule has 2 aromatic carbocycles. The van der Waals surface area contributed by atoms with Crippen LogP contribution >= 0.6 is 0 Å². The van der Waals surface area contributed by atoms with E-state index in [9.17, 15) is 13.2 Å². The lowest BCUT2D eigenvalue weighted by molar-refractivity contribution is 0.0951. The van der Waals surface area contributed by atoms with Gasteiger partial charge in [0.2, 0.25) is 10.0 Å². The predicted molar refractivity (Wildman–Crippen MR) is 132 cm³/mol. The standard InChI is InChI=1S/C25H30N4O3S/c1-18(2)28-33(31,32)17-21-11-4-3-10-20(21)16-26-25(30)22-15-19-9-5-6-12-23(19)27-24(22)29-13-7-8-14-29/h3-6,9-12,15,18,28H,7-8,13-14,16-17H2,1-2H3,(H,26,30). The quantitative estimate of drug-likeness (QED) is 0.529. The average molecular weight is 467 g/mol. The van der Waals surface area contributed by atoms with Gasteiger partial charge in [-0.3, -0.25) is 4.79 Å². The first kappa shape index (κ1) is 23.2. The van der Waals surface area contributed by atoms with Gasteiger partial charge in [-0.25, -0.2) is 18.1 Å². The fourth-order valence-electron chi connectivity index (χ4n) is 4.19. The minimum absolute atomic E-state index is 0.131. The molecular formula is C25H30N4O3S. The van der Waals surface area contributed by atoms with Crippen molar-refractivity contribution in [2.45, 2.75) is 45.0 Å². The van der Waals surface area contributed by atoms with Crippen LogP contribution in [0.3, 0.4) is 0 Å². The minimum Gasteiger partial charge on any atom is -0.356 e. The van der Waals surface area contributed by atoms with Gasteiger partial charge in [-0.2, -0.15) is 0 Å². The van der Waals surface area contributed by atoms with Crippen LogP contribution in [0.25, 0.3) is 10.9 Å². The number of para-hydroxylation sites is 1. The van der Waals surface area contributed by atoms with Crippen molar-refractivity contribution in [3.8, 4) is 0 Å². The Morgan fingerprint density at radius 3 is 2.42 bits per heavy atom. The van der Waals surface area contributed by atoms with E-state index in [1.807, 2.05) is 48.5 Å². The van der Waals surface area contributed by atoms with Crippen LogP contribution in [0.4, 0.5) is 5.82 Å². The maximum atomic E-state index is 13.3. The molecule has 0 aliphatic carbocycles. The number of rotatable bonds is 8. The van der Waals surface area contributed by atoms with Crippen molar-refractivity contribution < 1.29 is 13.2 Å². The number of amides is 1. The topological polar surface area (TPSA) is 91.4 Å². The van der Waals surface area contributed by atoms with Crippen molar-refractivity contribution in [1.29, 1.82) is 0 Å². The van der Waals surface area contributed by atoms with Gasteiger partial charge in [0.25, 0.3) is 5.91 Å². The highest BCUT2D eigenvalue weighted by atomic mass is 32.2. The van der Waals surface area contributed by atoms with Crippen LogP contribution in [0.1, 0.15) is 48.2 Å². The Labute approximate surface area is 195 Å². The number of fused-ring (bicyclic) bond motifs is 1. The fraction of sp³-hybridized carbons (Fsp3) is 0.360. The zero-order chi connectivity index (χ0) is 23.4. The Balaban J connectivity index is 1.57. The molecule has 3 aromatic rings. The molecule has 7 nitrogen and oxygen atoms in total. The molecule has 0 radical (unpaired) electrons. The second-order valence-electron chi connectivity index (χ2n) is 8.73. The molecule has 2 heterocycles. The van der Waals surface area contributed by atoms with E-state index in [1.165, 1.54) is 0 Å². The van der Waals surface area contributed by atoms with E-state index >= 15 is 0 Å². The third-order valence-corrected chi connectivity index (χ3v) is 7.19. The molecule has 4 rings (SSSR count). The lowest BCUT2D eigenvalue weighted by Gasteiger charge is -2.21. The Kier molecular flexibility index (Phi) is 6.95. The highest BCUT2D eigenvalue weighted by molar-refractivity contribution is 7.88. The molecule has 2 N–H and O–H groups in total. The summed E-state index contributed by atoms with van der Waals surface area (Å²) in [7, 11) is -3.47. The zero-order valence-corrected chi connectivity index (χ0v) is 19.9. The number of benzene rings is 2. The second kappa shape index (κ2) is 9.89. The molecule has 1 amide bonds. The van der Waals surface area contributed by atoms with E-state index in [1.54, 1.807) is 19.9 Å². The molecular weight excluding hydrogens is 436 g/mol. The molecule has 8 heteroatoms. The van der Waals surface area contributed by atoms with Crippen LogP contribution in [0.2, 0.25) is 0 Å². The smallest absolute Gasteiger partial charge is 0.255 e. The average Bonchev–Trinajstić information content (AvgIpc) is 3.31. The second-order valence-corrected chi connectivity index (χ2v) is 10.5. The Hall–Kier alpha value is -2.97. The normalized spacial score (nSPS) is 14.2. The van der Waals surface area contributed by atoms with E-state index in [2.05, 4.69) is 14.9 Å². The van der Waals surface area contributed by atoms with Gasteiger partial charge in [-0.1, -0.05) is 42.5 Å². The maximum Gasteiger partial charge on any atom is 0.255 e. The molecule has 174 valence electrons. The van der Waals surface area contributed by atoms with E-state index in [0.717, 1.165) is 42.4 Å². The molecule has 0 atom stereocenters. The van der Waals surface area contributed by atoms with Crippen LogP contribution in [0, 0.1) is 0 Å². The number of hydrogen-bond acceptors (Lipinski definition) is 5. The number of nitrogens with one attached hydrogen (secondary N) is 2. The van der Waals surface area contributed by atoms with Gasteiger partial charge in [0.1, 0.15) is 5.82 Å². The minimum atomic E-state index is -3.47. The summed E-state index contributed by atoms with van der Waals surface area (Å²) in [5.41, 5.74) is 2.85. The summed E-state index contributed by atoms with van der Waals surface area (Å²) >= 11 is 0. The summed E-state index contributed by atoms with van der Waals surface area (Å²) in [5.74, 6) is 0.363. The maximum absolute atomic E-state index is 13.3. The van der Waals surface area contributed by atoms with Crippen molar-refractivity contribution in [2.24, 2.45) is 0 Å². The van der Waals surface area contributed by atoms with Gasteiger partial charge in [0.15, 0.2) is 0 Å². The summed E-state index contributed by atoms with van der Waals surface area (Å²) in [6.07, 6.45) is 2.17. The largest absolute Gasteiger partial charge is 0.356 e. The Morgan fingerprint density at radius 2 is 1.70 bits per heavy atom. The molecule has 1 fully saturated rings. The molecule has 33 heavy (non-hydrogen) atoms. The summed E-state index contributed by atoms with van der Waals surface area (Å²) in [6.45, 7) is 5.58. The Morgan fingerprint density at radius 1 is 1.03 bits per heavy atom. The molecule has 1 aliphatic rings. The van der Waals surface area contributed by atoms with Gasteiger partial charge < -0.3 is 10.2 Å². The zero-order valence-electron chi connectivity index (χ0n) is 19.0. The highest BCUT2D eigenvalue weighted by Crippen LogP contribution is 2.26. The lowest BCUT2D eigenvalue weighted by Crippen LogP contribution is -2.32. The van der Waals surface area contributed by atoms with Gasteiger partial charge >= 0.3 is 0 Å². The van der Waals surface area contributed by atoms with Crippen molar-refractivity contribution in [3.63, 3.8) is 0 Å². The molecule has 0 saturated carbocycles. The van der Waals surface area contributed by atoms with Gasteiger partial charge in [-0.05, 0) is 49.9 Å². The van der Waals surface area contributed by atoms with E-state index in [-0.39, 0.29) is 24.2 Å². The number of carbonyl (C=O) groups is 1. The van der Waals surface area contributed by atoms with Gasteiger partial charge in [-0.15, -0.1) is 0 Å². The number of anilines is 1. The molecule has 0 bridgehead atoms. The van der Waals surface area contributed by atoms with E-state index in [4.69, 9.17) is 4.98 Å². The monoisotopic (exact) mass is 466 g/mol. The van der Waals surface area contributed by atoms with E-state index < -0.39 is 10.0 Å². The molecule has 1 aliphatic heterocycles. The highest BCUT2D eigenvalue weighted by Gasteiger charge is 2.22. The molecule has 0 spiro atoms. The van der Waals surface area contributed by atoms with Crippen molar-refractivity contribution in [1.82, 2.24) is 15.0 Å². The first-order valence-electron chi connectivity index (χ1n) is 11.3. The SMILES string of the molecule is CC(C)NS(=O)(=O)Cc1ccccc1CNC(=O)c1cc2ccccc2nc1N1CCCC1. The van der Waals surface area contributed by atoms with Gasteiger partial charge in [0.05, 0.1) is 16.8 Å². The predicted octanol–water partition coefficient (Wildman–Crippen LogP) is 3.59. The first-order chi connectivity index (χ1) is 15.8. The number of nitrogens with zero attached hydrogens (tertiary/aromatic N) is 2. The van der Waals surface area contributed by atoms with Crippen molar-refractivity contribution in [3.05, 3.63) is 71.3 Å². The van der Waals surface area contributed by atoms with Crippen LogP contribution < -0.4 is 14.9 Å². The van der Waals surface area contributed by atoms with Crippen LogP contribution in [-0.2, 0) is 22.3 Å². The summed E-state index contributed by atoms with van der Waals surface area (Å²) < 4.78 is 27.5. The summed E-state index contributed by atoms with van der Waals surface area (Å²) in [4.78, 5) is 20.2. The molecule has 1 aromatic heterocycles. The third kappa shape index (κ3) is 5.69. The number of pyridine rings is 1. The number of carbonyl (C=O) groups excluding carboxylic acids is 1. The number of sulfonamides is 1. The number of hydrogen-bond donors (Lipinski definition) is 2. The van der Waals surface area contributed by atoms with Gasteiger partial charge in [0, 0.05) is 31.1 Å². The third-order valence-electron chi connectivity index (χ3n) is 5.67. The van der Waals surface area contributed by atoms with Crippen molar-refractivity contribution in [2.75, 3.05) is 18.0 Å². The van der Waals surface area contributed by atoms with Crippen LogP contribution in [-0.4, -0.2) is 38.4 Å².